The van der Waals surface area contributed by atoms with E-state index in [0.29, 0.717) is 25.2 Å². The first kappa shape index (κ1) is 17.1. The highest BCUT2D eigenvalue weighted by atomic mass is 16.5. The predicted octanol–water partition coefficient (Wildman–Crippen LogP) is 1.46. The van der Waals surface area contributed by atoms with Crippen molar-refractivity contribution in [3.8, 4) is 11.4 Å². The molecule has 0 spiro atoms. The molecule has 0 atom stereocenters. The molecule has 0 aliphatic carbocycles. The van der Waals surface area contributed by atoms with Crippen molar-refractivity contribution in [3.05, 3.63) is 35.8 Å². The van der Waals surface area contributed by atoms with Gasteiger partial charge in [-0.25, -0.2) is 9.97 Å². The molecular formula is C19H23N5O2. The minimum Gasteiger partial charge on any atom is -0.379 e. The molecule has 0 saturated carbocycles. The van der Waals surface area contributed by atoms with Crippen LogP contribution in [0.1, 0.15) is 17.7 Å². The minimum absolute atomic E-state index is 0.143. The first-order valence-corrected chi connectivity index (χ1v) is 9.11. The van der Waals surface area contributed by atoms with Crippen LogP contribution in [-0.4, -0.2) is 65.2 Å². The van der Waals surface area contributed by atoms with Crippen molar-refractivity contribution in [3.63, 3.8) is 0 Å². The van der Waals surface area contributed by atoms with E-state index in [4.69, 9.17) is 9.72 Å². The highest BCUT2D eigenvalue weighted by Crippen LogP contribution is 2.30. The fraction of sp³-hybridized carbons (Fsp3) is 0.474. The lowest BCUT2D eigenvalue weighted by Gasteiger charge is -2.32. The van der Waals surface area contributed by atoms with Gasteiger partial charge in [0.05, 0.1) is 13.2 Å². The molecule has 136 valence electrons. The molecule has 0 N–H and O–H groups in total. The van der Waals surface area contributed by atoms with Gasteiger partial charge >= 0.3 is 0 Å². The van der Waals surface area contributed by atoms with Crippen molar-refractivity contribution in [1.29, 1.82) is 0 Å². The van der Waals surface area contributed by atoms with Gasteiger partial charge in [0.15, 0.2) is 5.82 Å². The first-order valence-electron chi connectivity index (χ1n) is 9.11. The summed E-state index contributed by atoms with van der Waals surface area (Å²) in [5.74, 6) is 1.56. The number of carbonyl (C=O) groups excluding carboxylic acids is 1. The summed E-state index contributed by atoms with van der Waals surface area (Å²) in [6.45, 7) is 6.84. The Morgan fingerprint density at radius 1 is 1.08 bits per heavy atom. The van der Waals surface area contributed by atoms with Crippen LogP contribution in [-0.2, 0) is 16.0 Å². The Labute approximate surface area is 153 Å². The van der Waals surface area contributed by atoms with E-state index in [0.717, 1.165) is 55.5 Å². The van der Waals surface area contributed by atoms with Crippen molar-refractivity contribution in [2.45, 2.75) is 19.8 Å². The molecule has 0 radical (unpaired) electrons. The van der Waals surface area contributed by atoms with E-state index in [1.807, 2.05) is 24.0 Å². The molecule has 26 heavy (non-hydrogen) atoms. The van der Waals surface area contributed by atoms with Gasteiger partial charge < -0.3 is 4.74 Å². The van der Waals surface area contributed by atoms with Crippen molar-refractivity contribution in [1.82, 2.24) is 19.9 Å². The fourth-order valence-electron chi connectivity index (χ4n) is 3.51. The van der Waals surface area contributed by atoms with E-state index in [1.165, 1.54) is 0 Å². The second kappa shape index (κ2) is 7.47. The lowest BCUT2D eigenvalue weighted by molar-refractivity contribution is -0.119. The van der Waals surface area contributed by atoms with E-state index >= 15 is 0 Å². The second-order valence-corrected chi connectivity index (χ2v) is 6.67. The van der Waals surface area contributed by atoms with Crippen LogP contribution < -0.4 is 4.90 Å². The summed E-state index contributed by atoms with van der Waals surface area (Å²) in [4.78, 5) is 30.3. The van der Waals surface area contributed by atoms with Gasteiger partial charge in [-0.2, -0.15) is 0 Å². The van der Waals surface area contributed by atoms with Crippen molar-refractivity contribution < 1.29 is 9.53 Å². The van der Waals surface area contributed by atoms with Gasteiger partial charge in [-0.3, -0.25) is 19.6 Å². The van der Waals surface area contributed by atoms with E-state index in [2.05, 4.69) is 14.9 Å². The van der Waals surface area contributed by atoms with E-state index in [9.17, 15) is 4.79 Å². The molecule has 0 unspecified atom stereocenters. The van der Waals surface area contributed by atoms with E-state index in [1.54, 1.807) is 12.4 Å². The molecule has 7 heteroatoms. The summed E-state index contributed by atoms with van der Waals surface area (Å²) in [5.41, 5.74) is 2.95. The molecule has 0 bridgehead atoms. The molecule has 1 saturated heterocycles. The molecule has 2 aliphatic rings. The summed E-state index contributed by atoms with van der Waals surface area (Å²) < 4.78 is 5.40. The summed E-state index contributed by atoms with van der Waals surface area (Å²) in [6, 6.07) is 3.79. The molecule has 4 heterocycles. The normalized spacial score (nSPS) is 18.0. The maximum Gasteiger partial charge on any atom is 0.228 e. The summed E-state index contributed by atoms with van der Waals surface area (Å²) in [7, 11) is 0. The number of morpholine rings is 1. The number of fused-ring (bicyclic) bond motifs is 1. The number of hydrogen-bond donors (Lipinski definition) is 0. The Morgan fingerprint density at radius 2 is 1.85 bits per heavy atom. The number of aryl methyl sites for hydroxylation is 1. The molecule has 2 aromatic rings. The van der Waals surface area contributed by atoms with Gasteiger partial charge in [-0.05, 0) is 25.5 Å². The Balaban J connectivity index is 1.62. The SMILES string of the molecule is Cc1nc(-c2ccncc2)nc2c1CCC(=O)N2CCN1CCOCC1. The molecule has 4 rings (SSSR count). The Hall–Kier alpha value is -2.38. The maximum absolute atomic E-state index is 12.6. The van der Waals surface area contributed by atoms with Crippen molar-refractivity contribution in [2.24, 2.45) is 0 Å². The zero-order valence-electron chi connectivity index (χ0n) is 15.0. The third kappa shape index (κ3) is 3.45. The summed E-state index contributed by atoms with van der Waals surface area (Å²) >= 11 is 0. The van der Waals surface area contributed by atoms with Crippen LogP contribution in [0.2, 0.25) is 0 Å². The lowest BCUT2D eigenvalue weighted by Crippen LogP contribution is -2.45. The third-order valence-electron chi connectivity index (χ3n) is 5.02. The summed E-state index contributed by atoms with van der Waals surface area (Å²) in [6.07, 6.45) is 4.70. The standard InChI is InChI=1S/C19H23N5O2/c1-14-16-2-3-17(25)24(9-8-23-10-12-26-13-11-23)19(16)22-18(21-14)15-4-6-20-7-5-15/h4-7H,2-3,8-13H2,1H3. The zero-order chi connectivity index (χ0) is 17.9. The van der Waals surface area contributed by atoms with Gasteiger partial charge in [0, 0.05) is 61.8 Å². The predicted molar refractivity (Wildman–Crippen MR) is 97.9 cm³/mol. The average molecular weight is 353 g/mol. The fourth-order valence-corrected chi connectivity index (χ4v) is 3.51. The van der Waals surface area contributed by atoms with Crippen LogP contribution in [0.15, 0.2) is 24.5 Å². The van der Waals surface area contributed by atoms with E-state index < -0.39 is 0 Å². The molecule has 2 aromatic heterocycles. The van der Waals surface area contributed by atoms with Crippen LogP contribution in [0.25, 0.3) is 11.4 Å². The van der Waals surface area contributed by atoms with Gasteiger partial charge in [-0.1, -0.05) is 0 Å². The second-order valence-electron chi connectivity index (χ2n) is 6.67. The highest BCUT2D eigenvalue weighted by molar-refractivity contribution is 5.95. The number of anilines is 1. The quantitative estimate of drug-likeness (QED) is 0.829. The van der Waals surface area contributed by atoms with Crippen LogP contribution in [0.4, 0.5) is 5.82 Å². The average Bonchev–Trinajstić information content (AvgIpc) is 2.68. The van der Waals surface area contributed by atoms with E-state index in [-0.39, 0.29) is 5.91 Å². The zero-order valence-corrected chi connectivity index (χ0v) is 15.0. The molecule has 7 nitrogen and oxygen atoms in total. The minimum atomic E-state index is 0.143. The largest absolute Gasteiger partial charge is 0.379 e. The number of pyridine rings is 1. The van der Waals surface area contributed by atoms with Crippen LogP contribution >= 0.6 is 0 Å². The highest BCUT2D eigenvalue weighted by Gasteiger charge is 2.28. The number of nitrogens with zero attached hydrogens (tertiary/aromatic N) is 5. The Bertz CT molecular complexity index is 790. The maximum atomic E-state index is 12.6. The number of rotatable bonds is 4. The smallest absolute Gasteiger partial charge is 0.228 e. The topological polar surface area (TPSA) is 71.5 Å². The van der Waals surface area contributed by atoms with Gasteiger partial charge in [0.1, 0.15) is 5.82 Å². The number of hydrogen-bond acceptors (Lipinski definition) is 6. The van der Waals surface area contributed by atoms with Crippen molar-refractivity contribution in [2.75, 3.05) is 44.3 Å². The number of ether oxygens (including phenoxy) is 1. The molecular weight excluding hydrogens is 330 g/mol. The first-order chi connectivity index (χ1) is 12.7. The van der Waals surface area contributed by atoms with Crippen molar-refractivity contribution >= 4 is 11.7 Å². The van der Waals surface area contributed by atoms with Crippen LogP contribution in [0.3, 0.4) is 0 Å². The molecule has 1 fully saturated rings. The summed E-state index contributed by atoms with van der Waals surface area (Å²) in [5, 5.41) is 0. The Morgan fingerprint density at radius 3 is 2.62 bits per heavy atom. The van der Waals surface area contributed by atoms with Gasteiger partial charge in [0.2, 0.25) is 5.91 Å². The van der Waals surface area contributed by atoms with Crippen LogP contribution in [0.5, 0.6) is 0 Å². The monoisotopic (exact) mass is 353 g/mol. The number of carbonyl (C=O) groups is 1. The Kier molecular flexibility index (Phi) is 4.90. The number of amides is 1. The molecule has 2 aliphatic heterocycles. The third-order valence-corrected chi connectivity index (χ3v) is 5.02. The lowest BCUT2D eigenvalue weighted by atomic mass is 10.0. The van der Waals surface area contributed by atoms with Gasteiger partial charge in [-0.15, -0.1) is 0 Å². The van der Waals surface area contributed by atoms with Crippen LogP contribution in [0, 0.1) is 6.92 Å². The molecule has 0 aromatic carbocycles. The number of aromatic nitrogens is 3. The molecule has 1 amide bonds. The van der Waals surface area contributed by atoms with Gasteiger partial charge in [0.25, 0.3) is 0 Å².